The molecule has 0 radical (unpaired) electrons. The van der Waals surface area contributed by atoms with Gasteiger partial charge in [0.25, 0.3) is 5.71 Å². The first kappa shape index (κ1) is 10.1. The number of fused-ring (bicyclic) bond motifs is 1. The molecular formula is C7H6N5O4+. The van der Waals surface area contributed by atoms with Crippen LogP contribution in [0.15, 0.2) is 9.98 Å². The van der Waals surface area contributed by atoms with Gasteiger partial charge in [-0.05, 0) is 9.92 Å². The maximum Gasteiger partial charge on any atom is 0.473 e. The van der Waals surface area contributed by atoms with Gasteiger partial charge in [0.2, 0.25) is 0 Å². The molecule has 0 fully saturated rings. The molecule has 0 saturated heterocycles. The van der Waals surface area contributed by atoms with Gasteiger partial charge in [-0.2, -0.15) is 9.48 Å². The zero-order valence-electron chi connectivity index (χ0n) is 8.37. The highest BCUT2D eigenvalue weighted by Gasteiger charge is 2.48. The van der Waals surface area contributed by atoms with Crippen molar-refractivity contribution >= 4 is 29.4 Å². The van der Waals surface area contributed by atoms with Crippen LogP contribution in [0.5, 0.6) is 0 Å². The fourth-order valence-corrected chi connectivity index (χ4v) is 1.34. The summed E-state index contributed by atoms with van der Waals surface area (Å²) in [6, 6.07) is -0.604. The van der Waals surface area contributed by atoms with Crippen LogP contribution in [0.25, 0.3) is 0 Å². The molecule has 0 N–H and O–H groups in total. The SMILES string of the molecule is CN1C(=O)C2=NC([N+](=O)[O-])=NC2=[N+](C)C1=O. The molecular weight excluding hydrogens is 218 g/mol. The maximum atomic E-state index is 11.6. The number of urea groups is 1. The highest BCUT2D eigenvalue weighted by molar-refractivity contribution is 6.70. The van der Waals surface area contributed by atoms with E-state index in [9.17, 15) is 19.7 Å². The lowest BCUT2D eigenvalue weighted by molar-refractivity contribution is -0.401. The van der Waals surface area contributed by atoms with Crippen LogP contribution in [0, 0.1) is 10.1 Å². The van der Waals surface area contributed by atoms with Gasteiger partial charge in [-0.3, -0.25) is 0 Å². The fraction of sp³-hybridized carbons (Fsp3) is 0.286. The zero-order valence-corrected chi connectivity index (χ0v) is 8.37. The van der Waals surface area contributed by atoms with Crippen molar-refractivity contribution in [2.45, 2.75) is 0 Å². The molecule has 2 rings (SSSR count). The summed E-state index contributed by atoms with van der Waals surface area (Å²) in [4.78, 5) is 40.5. The van der Waals surface area contributed by atoms with Crippen molar-refractivity contribution in [1.29, 1.82) is 0 Å². The van der Waals surface area contributed by atoms with Crippen LogP contribution in [0.4, 0.5) is 4.79 Å². The summed E-state index contributed by atoms with van der Waals surface area (Å²) < 4.78 is 1.04. The molecule has 0 spiro atoms. The van der Waals surface area contributed by atoms with E-state index in [1.807, 2.05) is 0 Å². The van der Waals surface area contributed by atoms with Crippen LogP contribution in [0.1, 0.15) is 0 Å². The molecule has 0 atom stereocenters. The van der Waals surface area contributed by atoms with E-state index in [4.69, 9.17) is 0 Å². The molecule has 0 aliphatic carbocycles. The van der Waals surface area contributed by atoms with E-state index in [2.05, 4.69) is 9.98 Å². The average molecular weight is 224 g/mol. The Morgan fingerprint density at radius 3 is 2.56 bits per heavy atom. The summed E-state index contributed by atoms with van der Waals surface area (Å²) in [6.07, 6.45) is 0. The van der Waals surface area contributed by atoms with Gasteiger partial charge in [-0.1, -0.05) is 4.99 Å². The van der Waals surface area contributed by atoms with Crippen molar-refractivity contribution in [3.8, 4) is 0 Å². The highest BCUT2D eigenvalue weighted by Crippen LogP contribution is 2.09. The molecule has 2 aliphatic heterocycles. The average Bonchev–Trinajstić information content (AvgIpc) is 2.68. The van der Waals surface area contributed by atoms with Crippen LogP contribution >= 0.6 is 0 Å². The van der Waals surface area contributed by atoms with Crippen molar-refractivity contribution in [2.24, 2.45) is 9.98 Å². The van der Waals surface area contributed by atoms with Gasteiger partial charge in [0, 0.05) is 0 Å². The third kappa shape index (κ3) is 1.14. The van der Waals surface area contributed by atoms with E-state index >= 15 is 0 Å². The molecule has 0 bridgehead atoms. The second-order valence-corrected chi connectivity index (χ2v) is 3.16. The van der Waals surface area contributed by atoms with Crippen molar-refractivity contribution in [1.82, 2.24) is 4.90 Å². The summed E-state index contributed by atoms with van der Waals surface area (Å²) >= 11 is 0. The number of guanidine groups is 1. The van der Waals surface area contributed by atoms with E-state index in [0.717, 1.165) is 9.48 Å². The zero-order chi connectivity index (χ0) is 12.0. The third-order valence-electron chi connectivity index (χ3n) is 2.19. The minimum Gasteiger partial charge on any atom is -0.390 e. The summed E-state index contributed by atoms with van der Waals surface area (Å²) in [6.45, 7) is 0. The number of amidine groups is 1. The van der Waals surface area contributed by atoms with Crippen LogP contribution in [-0.4, -0.2) is 57.9 Å². The molecule has 3 amide bonds. The van der Waals surface area contributed by atoms with E-state index in [0.29, 0.717) is 0 Å². The lowest BCUT2D eigenvalue weighted by atomic mass is 10.2. The number of rotatable bonds is 0. The van der Waals surface area contributed by atoms with Crippen molar-refractivity contribution in [3.05, 3.63) is 10.1 Å². The highest BCUT2D eigenvalue weighted by atomic mass is 16.6. The molecule has 2 aliphatic rings. The van der Waals surface area contributed by atoms with Crippen molar-refractivity contribution < 1.29 is 19.1 Å². The predicted octanol–water partition coefficient (Wildman–Crippen LogP) is -1.29. The van der Waals surface area contributed by atoms with Crippen molar-refractivity contribution in [3.63, 3.8) is 0 Å². The minimum absolute atomic E-state index is 0.0835. The number of nitro groups is 1. The monoisotopic (exact) mass is 224 g/mol. The molecule has 0 aromatic heterocycles. The van der Waals surface area contributed by atoms with Crippen LogP contribution in [-0.2, 0) is 4.79 Å². The van der Waals surface area contributed by atoms with E-state index < -0.39 is 22.8 Å². The standard InChI is InChI=1S/C7H6N5O4/c1-10-4-3(5(13)11(2)7(10)14)8-6(9-4)12(15)16/h1-2H3/q+1. The molecule has 16 heavy (non-hydrogen) atoms. The number of imide groups is 1. The molecule has 0 unspecified atom stereocenters. The predicted molar refractivity (Wildman–Crippen MR) is 51.2 cm³/mol. The Bertz CT molecular complexity index is 529. The first-order valence-corrected chi connectivity index (χ1v) is 4.18. The molecule has 9 nitrogen and oxygen atoms in total. The maximum absolute atomic E-state index is 11.6. The number of aliphatic imine (C=N–C) groups is 2. The number of hydrogen-bond donors (Lipinski definition) is 0. The largest absolute Gasteiger partial charge is 0.473 e. The van der Waals surface area contributed by atoms with Gasteiger partial charge in [-0.15, -0.1) is 0 Å². The van der Waals surface area contributed by atoms with Gasteiger partial charge < -0.3 is 10.1 Å². The van der Waals surface area contributed by atoms with Crippen molar-refractivity contribution in [2.75, 3.05) is 14.1 Å². The second-order valence-electron chi connectivity index (χ2n) is 3.16. The van der Waals surface area contributed by atoms with Gasteiger partial charge in [0.1, 0.15) is 0 Å². The number of hydrogen-bond acceptors (Lipinski definition) is 6. The normalized spacial score (nSPS) is 19.8. The first-order chi connectivity index (χ1) is 7.43. The van der Waals surface area contributed by atoms with E-state index in [1.54, 1.807) is 0 Å². The summed E-state index contributed by atoms with van der Waals surface area (Å²) in [5, 5.41) is 10.4. The van der Waals surface area contributed by atoms with Crippen LogP contribution in [0.3, 0.4) is 0 Å². The Morgan fingerprint density at radius 2 is 2.00 bits per heavy atom. The number of carbonyl (C=O) groups excluding carboxylic acids is 2. The number of amides is 3. The molecule has 82 valence electrons. The van der Waals surface area contributed by atoms with Gasteiger partial charge in [0.05, 0.1) is 14.1 Å². The van der Waals surface area contributed by atoms with E-state index in [1.165, 1.54) is 14.1 Å². The molecule has 9 heteroatoms. The quantitative estimate of drug-likeness (QED) is 0.289. The molecule has 0 aromatic carbocycles. The van der Waals surface area contributed by atoms with Gasteiger partial charge in [0.15, 0.2) is 0 Å². The lowest BCUT2D eigenvalue weighted by Gasteiger charge is -2.13. The number of carbonyl (C=O) groups is 2. The van der Waals surface area contributed by atoms with E-state index in [-0.39, 0.29) is 11.5 Å². The Labute approximate surface area is 88.5 Å². The minimum atomic E-state index is -0.816. The van der Waals surface area contributed by atoms with Crippen LogP contribution in [0.2, 0.25) is 0 Å². The lowest BCUT2D eigenvalue weighted by Crippen LogP contribution is -2.51. The topological polar surface area (TPSA) is 108 Å². The Morgan fingerprint density at radius 1 is 1.38 bits per heavy atom. The molecule has 0 aromatic rings. The van der Waals surface area contributed by atoms with Crippen LogP contribution < -0.4 is 0 Å². The smallest absolute Gasteiger partial charge is 0.390 e. The molecule has 2 heterocycles. The third-order valence-corrected chi connectivity index (χ3v) is 2.19. The Kier molecular flexibility index (Phi) is 1.90. The Hall–Kier alpha value is -2.45. The van der Waals surface area contributed by atoms with Gasteiger partial charge >= 0.3 is 23.7 Å². The Balaban J connectivity index is 2.62. The summed E-state index contributed by atoms with van der Waals surface area (Å²) in [7, 11) is 2.63. The van der Waals surface area contributed by atoms with Gasteiger partial charge in [-0.25, -0.2) is 9.59 Å². The number of nitrogens with zero attached hydrogens (tertiary/aromatic N) is 5. The fourth-order valence-electron chi connectivity index (χ4n) is 1.34. The first-order valence-electron chi connectivity index (χ1n) is 4.18. The molecule has 0 saturated carbocycles. The summed E-state index contributed by atoms with van der Waals surface area (Å²) in [5.41, 5.74) is -0.184. The second kappa shape index (κ2) is 3.02. The summed E-state index contributed by atoms with van der Waals surface area (Å²) in [5.74, 6) is -1.47.